The molecule has 1 aliphatic heterocycles. The number of hydrogen-bond acceptors (Lipinski definition) is 4. The Bertz CT molecular complexity index is 739. The summed E-state index contributed by atoms with van der Waals surface area (Å²) in [6.07, 6.45) is 3.58. The van der Waals surface area contributed by atoms with Gasteiger partial charge < -0.3 is 9.84 Å². The molecule has 138 valence electrons. The molecule has 0 radical (unpaired) electrons. The van der Waals surface area contributed by atoms with Crippen molar-refractivity contribution in [2.75, 3.05) is 13.1 Å². The molecular formula is C20H23FN2O3. The average molecular weight is 358 g/mol. The summed E-state index contributed by atoms with van der Waals surface area (Å²) in [7, 11) is 0. The largest absolute Gasteiger partial charge is 0.478 e. The van der Waals surface area contributed by atoms with Gasteiger partial charge in [0.1, 0.15) is 11.6 Å². The lowest BCUT2D eigenvalue weighted by atomic mass is 9.91. The fourth-order valence-electron chi connectivity index (χ4n) is 3.15. The van der Waals surface area contributed by atoms with E-state index in [2.05, 4.69) is 22.9 Å². The highest BCUT2D eigenvalue weighted by atomic mass is 19.1. The molecule has 1 aromatic heterocycles. The average Bonchev–Trinajstić information content (AvgIpc) is 2.66. The number of aryl methyl sites for hydroxylation is 1. The molecule has 1 saturated heterocycles. The summed E-state index contributed by atoms with van der Waals surface area (Å²) >= 11 is 0. The monoisotopic (exact) mass is 358 g/mol. The SMILES string of the molecule is CCc1ccc(CN2CCC(Oc3ccc(F)cc3)(C(=O)O)CC2)nc1. The molecule has 0 unspecified atom stereocenters. The van der Waals surface area contributed by atoms with E-state index in [4.69, 9.17) is 4.74 Å². The predicted octanol–water partition coefficient (Wildman–Crippen LogP) is 3.28. The van der Waals surface area contributed by atoms with Crippen LogP contribution in [0.15, 0.2) is 42.6 Å². The fraction of sp³-hybridized carbons (Fsp3) is 0.400. The number of pyridine rings is 1. The maximum Gasteiger partial charge on any atom is 0.348 e. The molecule has 1 N–H and O–H groups in total. The number of rotatable bonds is 6. The van der Waals surface area contributed by atoms with Gasteiger partial charge in [0.05, 0.1) is 5.69 Å². The number of carbonyl (C=O) groups is 1. The second-order valence-electron chi connectivity index (χ2n) is 6.64. The summed E-state index contributed by atoms with van der Waals surface area (Å²) in [5.74, 6) is -0.982. The van der Waals surface area contributed by atoms with Crippen molar-refractivity contribution in [3.8, 4) is 5.75 Å². The topological polar surface area (TPSA) is 62.7 Å². The fourth-order valence-corrected chi connectivity index (χ4v) is 3.15. The number of benzene rings is 1. The van der Waals surface area contributed by atoms with Gasteiger partial charge in [-0.15, -0.1) is 0 Å². The molecule has 1 fully saturated rings. The van der Waals surface area contributed by atoms with Crippen LogP contribution in [0.2, 0.25) is 0 Å². The molecule has 6 heteroatoms. The van der Waals surface area contributed by atoms with Crippen LogP contribution in [0.25, 0.3) is 0 Å². The number of likely N-dealkylation sites (tertiary alicyclic amines) is 1. The number of piperidine rings is 1. The number of halogens is 1. The van der Waals surface area contributed by atoms with Gasteiger partial charge in [0.15, 0.2) is 0 Å². The van der Waals surface area contributed by atoms with Crippen LogP contribution < -0.4 is 4.74 Å². The van der Waals surface area contributed by atoms with Crippen molar-refractivity contribution in [1.82, 2.24) is 9.88 Å². The normalized spacial score (nSPS) is 17.0. The summed E-state index contributed by atoms with van der Waals surface area (Å²) in [6.45, 7) is 3.99. The molecule has 2 aromatic rings. The van der Waals surface area contributed by atoms with Crippen molar-refractivity contribution in [3.05, 3.63) is 59.7 Å². The highest BCUT2D eigenvalue weighted by molar-refractivity contribution is 5.78. The Labute approximate surface area is 152 Å². The lowest BCUT2D eigenvalue weighted by Gasteiger charge is -2.38. The summed E-state index contributed by atoms with van der Waals surface area (Å²) in [5, 5.41) is 9.71. The van der Waals surface area contributed by atoms with Crippen molar-refractivity contribution < 1.29 is 19.0 Å². The molecule has 0 spiro atoms. The van der Waals surface area contributed by atoms with E-state index >= 15 is 0 Å². The molecule has 1 aromatic carbocycles. The molecule has 3 rings (SSSR count). The second kappa shape index (κ2) is 7.83. The van der Waals surface area contributed by atoms with E-state index in [1.54, 1.807) is 0 Å². The van der Waals surface area contributed by atoms with Crippen LogP contribution in [0.3, 0.4) is 0 Å². The standard InChI is InChI=1S/C20H23FN2O3/c1-2-15-3-6-17(22-13-15)14-23-11-9-20(10-12-23,19(24)25)26-18-7-4-16(21)5-8-18/h3-8,13H,2,9-12,14H2,1H3,(H,24,25). The summed E-state index contributed by atoms with van der Waals surface area (Å²) in [5.41, 5.74) is 0.905. The first-order valence-corrected chi connectivity index (χ1v) is 8.85. The number of nitrogens with zero attached hydrogens (tertiary/aromatic N) is 2. The van der Waals surface area contributed by atoms with Crippen LogP contribution in [-0.2, 0) is 17.8 Å². The predicted molar refractivity (Wildman–Crippen MR) is 95.5 cm³/mol. The Hall–Kier alpha value is -2.47. The molecule has 0 aliphatic carbocycles. The van der Waals surface area contributed by atoms with E-state index in [1.807, 2.05) is 12.3 Å². The van der Waals surface area contributed by atoms with Gasteiger partial charge in [-0.25, -0.2) is 9.18 Å². The van der Waals surface area contributed by atoms with Crippen LogP contribution in [0.1, 0.15) is 31.0 Å². The van der Waals surface area contributed by atoms with Crippen LogP contribution >= 0.6 is 0 Å². The van der Waals surface area contributed by atoms with Crippen LogP contribution in [0.4, 0.5) is 4.39 Å². The maximum atomic E-state index is 13.0. The first kappa shape index (κ1) is 18.3. The molecule has 26 heavy (non-hydrogen) atoms. The van der Waals surface area contributed by atoms with Gasteiger partial charge in [0, 0.05) is 38.7 Å². The lowest BCUT2D eigenvalue weighted by Crippen LogP contribution is -2.53. The van der Waals surface area contributed by atoms with E-state index in [0.29, 0.717) is 38.2 Å². The molecule has 0 bridgehead atoms. The smallest absolute Gasteiger partial charge is 0.348 e. The Morgan fingerprint density at radius 3 is 2.46 bits per heavy atom. The molecule has 2 heterocycles. The minimum absolute atomic E-state index is 0.368. The van der Waals surface area contributed by atoms with E-state index in [9.17, 15) is 14.3 Å². The zero-order valence-electron chi connectivity index (χ0n) is 14.8. The van der Waals surface area contributed by atoms with Gasteiger partial charge in [-0.05, 0) is 42.3 Å². The zero-order chi connectivity index (χ0) is 18.6. The van der Waals surface area contributed by atoms with Gasteiger partial charge in [-0.2, -0.15) is 0 Å². The summed E-state index contributed by atoms with van der Waals surface area (Å²) in [4.78, 5) is 18.5. The third kappa shape index (κ3) is 4.19. The number of hydrogen-bond donors (Lipinski definition) is 1. The molecule has 0 saturated carbocycles. The third-order valence-electron chi connectivity index (χ3n) is 4.86. The summed E-state index contributed by atoms with van der Waals surface area (Å²) < 4.78 is 18.8. The molecule has 0 amide bonds. The highest BCUT2D eigenvalue weighted by Crippen LogP contribution is 2.30. The van der Waals surface area contributed by atoms with E-state index in [0.717, 1.165) is 12.1 Å². The molecule has 0 atom stereocenters. The van der Waals surface area contributed by atoms with Gasteiger partial charge in [-0.1, -0.05) is 13.0 Å². The molecule has 1 aliphatic rings. The zero-order valence-corrected chi connectivity index (χ0v) is 14.8. The third-order valence-corrected chi connectivity index (χ3v) is 4.86. The second-order valence-corrected chi connectivity index (χ2v) is 6.64. The molecule has 5 nitrogen and oxygen atoms in total. The van der Waals surface area contributed by atoms with Gasteiger partial charge in [0.2, 0.25) is 5.60 Å². The Kier molecular flexibility index (Phi) is 5.52. The number of aliphatic carboxylic acids is 1. The van der Waals surface area contributed by atoms with Crippen molar-refractivity contribution in [3.63, 3.8) is 0 Å². The van der Waals surface area contributed by atoms with Crippen LogP contribution in [0.5, 0.6) is 5.75 Å². The quantitative estimate of drug-likeness (QED) is 0.859. The highest BCUT2D eigenvalue weighted by Gasteiger charge is 2.44. The Balaban J connectivity index is 1.63. The number of aromatic nitrogens is 1. The van der Waals surface area contributed by atoms with Crippen LogP contribution in [-0.4, -0.2) is 39.7 Å². The Morgan fingerprint density at radius 2 is 1.92 bits per heavy atom. The number of carboxylic acids is 1. The minimum Gasteiger partial charge on any atom is -0.478 e. The maximum absolute atomic E-state index is 13.0. The molecular weight excluding hydrogens is 335 g/mol. The summed E-state index contributed by atoms with van der Waals surface area (Å²) in [6, 6.07) is 9.56. The van der Waals surface area contributed by atoms with Gasteiger partial charge >= 0.3 is 5.97 Å². The van der Waals surface area contributed by atoms with Crippen molar-refractivity contribution in [2.24, 2.45) is 0 Å². The van der Waals surface area contributed by atoms with E-state index in [1.165, 1.54) is 29.8 Å². The van der Waals surface area contributed by atoms with Crippen LogP contribution in [0, 0.1) is 5.82 Å². The first-order valence-electron chi connectivity index (χ1n) is 8.85. The van der Waals surface area contributed by atoms with Crippen molar-refractivity contribution in [2.45, 2.75) is 38.3 Å². The van der Waals surface area contributed by atoms with Gasteiger partial charge in [-0.3, -0.25) is 9.88 Å². The lowest BCUT2D eigenvalue weighted by molar-refractivity contribution is -0.159. The first-order chi connectivity index (χ1) is 12.5. The van der Waals surface area contributed by atoms with E-state index in [-0.39, 0.29) is 5.82 Å². The Morgan fingerprint density at radius 1 is 1.23 bits per heavy atom. The van der Waals surface area contributed by atoms with Crippen molar-refractivity contribution in [1.29, 1.82) is 0 Å². The number of carboxylic acid groups (broad SMARTS) is 1. The van der Waals surface area contributed by atoms with E-state index < -0.39 is 11.6 Å². The minimum atomic E-state index is -1.27. The van der Waals surface area contributed by atoms with Crippen molar-refractivity contribution >= 4 is 5.97 Å². The number of ether oxygens (including phenoxy) is 1. The van der Waals surface area contributed by atoms with Gasteiger partial charge in [0.25, 0.3) is 0 Å².